The van der Waals surface area contributed by atoms with Crippen molar-refractivity contribution in [3.05, 3.63) is 36.5 Å². The van der Waals surface area contributed by atoms with Crippen molar-refractivity contribution >= 4 is 11.9 Å². The van der Waals surface area contributed by atoms with E-state index in [0.717, 1.165) is 51.4 Å². The number of carbonyl (C=O) groups is 2. The summed E-state index contributed by atoms with van der Waals surface area (Å²) < 4.78 is 5.50. The van der Waals surface area contributed by atoms with Gasteiger partial charge in [-0.3, -0.25) is 9.59 Å². The number of nitrogens with one attached hydrogen (secondary N) is 1. The van der Waals surface area contributed by atoms with Crippen LogP contribution < -0.4 is 5.32 Å². The molecule has 1 amide bonds. The van der Waals surface area contributed by atoms with Crippen LogP contribution in [0.5, 0.6) is 0 Å². The van der Waals surface area contributed by atoms with Crippen LogP contribution in [0.2, 0.25) is 0 Å². The number of allylic oxidation sites excluding steroid dienone is 6. The number of hydrogen-bond donors (Lipinski definition) is 3. The molecular formula is C72H137NO5. The maximum Gasteiger partial charge on any atom is 0.305 e. The fourth-order valence-corrected chi connectivity index (χ4v) is 11.0. The smallest absolute Gasteiger partial charge is 0.305 e. The van der Waals surface area contributed by atoms with Crippen molar-refractivity contribution in [1.82, 2.24) is 5.32 Å². The Morgan fingerprint density at radius 1 is 0.359 bits per heavy atom. The minimum absolute atomic E-state index is 0.00332. The molecule has 0 aliphatic carbocycles. The second-order valence-electron chi connectivity index (χ2n) is 24.2. The van der Waals surface area contributed by atoms with Crippen LogP contribution in [-0.4, -0.2) is 47.4 Å². The first kappa shape index (κ1) is 76.1. The maximum atomic E-state index is 12.5. The lowest BCUT2D eigenvalue weighted by molar-refractivity contribution is -0.143. The number of rotatable bonds is 66. The van der Waals surface area contributed by atoms with Crippen LogP contribution in [0.15, 0.2) is 36.5 Å². The van der Waals surface area contributed by atoms with Gasteiger partial charge >= 0.3 is 5.97 Å². The van der Waals surface area contributed by atoms with Gasteiger partial charge in [-0.2, -0.15) is 0 Å². The molecule has 0 fully saturated rings. The van der Waals surface area contributed by atoms with Gasteiger partial charge in [0, 0.05) is 12.8 Å². The van der Waals surface area contributed by atoms with Crippen molar-refractivity contribution in [2.45, 2.75) is 398 Å². The Kier molecular flexibility index (Phi) is 65.9. The van der Waals surface area contributed by atoms with E-state index in [1.807, 2.05) is 0 Å². The summed E-state index contributed by atoms with van der Waals surface area (Å²) in [5.41, 5.74) is 0. The van der Waals surface area contributed by atoms with Gasteiger partial charge in [0.15, 0.2) is 0 Å². The molecule has 0 aromatic carbocycles. The molecule has 0 saturated heterocycles. The zero-order chi connectivity index (χ0) is 56.4. The Labute approximate surface area is 487 Å². The van der Waals surface area contributed by atoms with Crippen LogP contribution in [0.3, 0.4) is 0 Å². The van der Waals surface area contributed by atoms with Crippen molar-refractivity contribution in [3.63, 3.8) is 0 Å². The van der Waals surface area contributed by atoms with Gasteiger partial charge in [0.2, 0.25) is 5.91 Å². The monoisotopic (exact) mass is 1100 g/mol. The van der Waals surface area contributed by atoms with Crippen LogP contribution >= 0.6 is 0 Å². The van der Waals surface area contributed by atoms with E-state index in [-0.39, 0.29) is 18.5 Å². The van der Waals surface area contributed by atoms with Crippen LogP contribution in [0.25, 0.3) is 0 Å². The van der Waals surface area contributed by atoms with E-state index in [0.29, 0.717) is 25.9 Å². The summed E-state index contributed by atoms with van der Waals surface area (Å²) >= 11 is 0. The second kappa shape index (κ2) is 67.6. The first-order valence-corrected chi connectivity index (χ1v) is 35.2. The highest BCUT2D eigenvalue weighted by atomic mass is 16.5. The molecule has 0 saturated carbocycles. The average Bonchev–Trinajstić information content (AvgIpc) is 3.44. The molecule has 2 unspecified atom stereocenters. The molecule has 0 aliphatic rings. The molecule has 0 aliphatic heterocycles. The Morgan fingerprint density at radius 3 is 1.00 bits per heavy atom. The van der Waals surface area contributed by atoms with E-state index < -0.39 is 12.1 Å². The predicted octanol–water partition coefficient (Wildman–Crippen LogP) is 22.7. The van der Waals surface area contributed by atoms with Crippen molar-refractivity contribution < 1.29 is 24.5 Å². The first-order valence-electron chi connectivity index (χ1n) is 35.2. The summed E-state index contributed by atoms with van der Waals surface area (Å²) in [6.07, 6.45) is 86.1. The number of ether oxygens (including phenoxy) is 1. The molecule has 78 heavy (non-hydrogen) atoms. The fourth-order valence-electron chi connectivity index (χ4n) is 11.0. The topological polar surface area (TPSA) is 95.9 Å². The number of esters is 1. The van der Waals surface area contributed by atoms with E-state index in [1.165, 1.54) is 302 Å². The Bertz CT molecular complexity index is 1260. The molecule has 2 atom stereocenters. The quantitative estimate of drug-likeness (QED) is 0.0320. The van der Waals surface area contributed by atoms with E-state index in [2.05, 4.69) is 55.6 Å². The highest BCUT2D eigenvalue weighted by Crippen LogP contribution is 2.18. The van der Waals surface area contributed by atoms with Gasteiger partial charge in [-0.05, 0) is 83.5 Å². The number of aliphatic hydroxyl groups is 2. The molecule has 0 spiro atoms. The standard InChI is InChI=1S/C72H137NO5/c1-3-5-7-9-11-13-15-17-19-21-23-26-29-32-36-40-44-48-52-56-60-64-70(75)69(68-74)73-71(76)65-61-57-53-49-45-41-37-33-30-27-24-25-28-31-35-39-43-47-51-55-59-63-67-78-72(77)66-62-58-54-50-46-42-38-34-22-20-18-16-14-12-10-8-6-4-2/h14,16,20,22,27,30,69-70,74-75H,3-13,15,17-19,21,23-26,28-29,31-68H2,1-2H3,(H,73,76)/b16-14-,22-20-,30-27-. The number of carbonyl (C=O) groups excluding carboxylic acids is 2. The molecule has 3 N–H and O–H groups in total. The molecule has 6 nitrogen and oxygen atoms in total. The van der Waals surface area contributed by atoms with Crippen LogP contribution in [0.4, 0.5) is 0 Å². The SMILES string of the molecule is CCCCCC/C=C\C/C=C\CCCCCCCCCC(=O)OCCCCCCCCCCCCC/C=C\CCCCCCCCCC(=O)NC(CO)C(O)CCCCCCCCCCCCCCCCCCCCCCC. The van der Waals surface area contributed by atoms with Crippen molar-refractivity contribution in [2.75, 3.05) is 13.2 Å². The Balaban J connectivity index is 3.41. The molecule has 0 aromatic rings. The second-order valence-corrected chi connectivity index (χ2v) is 24.2. The molecule has 0 rings (SSSR count). The minimum Gasteiger partial charge on any atom is -0.466 e. The molecular weight excluding hydrogens is 959 g/mol. The lowest BCUT2D eigenvalue weighted by Crippen LogP contribution is -2.45. The predicted molar refractivity (Wildman–Crippen MR) is 343 cm³/mol. The summed E-state index contributed by atoms with van der Waals surface area (Å²) in [5.74, 6) is -0.0351. The van der Waals surface area contributed by atoms with Gasteiger partial charge in [0.05, 0.1) is 25.4 Å². The fraction of sp³-hybridized carbons (Fsp3) is 0.889. The van der Waals surface area contributed by atoms with Crippen LogP contribution in [0, 0.1) is 0 Å². The zero-order valence-electron chi connectivity index (χ0n) is 52.7. The van der Waals surface area contributed by atoms with Gasteiger partial charge in [0.1, 0.15) is 0 Å². The van der Waals surface area contributed by atoms with Gasteiger partial charge in [-0.25, -0.2) is 0 Å². The van der Waals surface area contributed by atoms with Gasteiger partial charge < -0.3 is 20.3 Å². The minimum atomic E-state index is -0.670. The zero-order valence-corrected chi connectivity index (χ0v) is 52.7. The Morgan fingerprint density at radius 2 is 0.641 bits per heavy atom. The van der Waals surface area contributed by atoms with E-state index in [4.69, 9.17) is 4.74 Å². The summed E-state index contributed by atoms with van der Waals surface area (Å²) in [6.45, 7) is 4.96. The molecule has 0 aromatic heterocycles. The highest BCUT2D eigenvalue weighted by Gasteiger charge is 2.20. The number of unbranched alkanes of at least 4 members (excludes halogenated alkanes) is 49. The summed E-state index contributed by atoms with van der Waals surface area (Å²) in [7, 11) is 0. The third-order valence-corrected chi connectivity index (χ3v) is 16.4. The van der Waals surface area contributed by atoms with Crippen LogP contribution in [-0.2, 0) is 14.3 Å². The first-order chi connectivity index (χ1) is 38.5. The van der Waals surface area contributed by atoms with Crippen LogP contribution in [0.1, 0.15) is 386 Å². The number of aliphatic hydroxyl groups excluding tert-OH is 2. The molecule has 0 heterocycles. The van der Waals surface area contributed by atoms with Crippen molar-refractivity contribution in [1.29, 1.82) is 0 Å². The van der Waals surface area contributed by atoms with E-state index in [9.17, 15) is 19.8 Å². The third kappa shape index (κ3) is 63.3. The van der Waals surface area contributed by atoms with E-state index in [1.54, 1.807) is 0 Å². The maximum absolute atomic E-state index is 12.5. The largest absolute Gasteiger partial charge is 0.466 e. The van der Waals surface area contributed by atoms with Gasteiger partial charge in [-0.15, -0.1) is 0 Å². The highest BCUT2D eigenvalue weighted by molar-refractivity contribution is 5.76. The molecule has 6 heteroatoms. The van der Waals surface area contributed by atoms with E-state index >= 15 is 0 Å². The normalized spacial score (nSPS) is 12.7. The van der Waals surface area contributed by atoms with Gasteiger partial charge in [-0.1, -0.05) is 326 Å². The molecule has 460 valence electrons. The summed E-state index contributed by atoms with van der Waals surface area (Å²) in [5, 5.41) is 23.4. The number of amides is 1. The molecule has 0 radical (unpaired) electrons. The number of hydrogen-bond acceptors (Lipinski definition) is 5. The summed E-state index contributed by atoms with van der Waals surface area (Å²) in [6, 6.07) is -0.548. The average molecular weight is 1100 g/mol. The molecule has 0 bridgehead atoms. The third-order valence-electron chi connectivity index (χ3n) is 16.4. The van der Waals surface area contributed by atoms with Crippen molar-refractivity contribution in [2.24, 2.45) is 0 Å². The lowest BCUT2D eigenvalue weighted by atomic mass is 10.0. The van der Waals surface area contributed by atoms with Gasteiger partial charge in [0.25, 0.3) is 0 Å². The summed E-state index contributed by atoms with van der Waals surface area (Å²) in [4.78, 5) is 24.6. The Hall–Kier alpha value is -1.92. The lowest BCUT2D eigenvalue weighted by Gasteiger charge is -2.22. The van der Waals surface area contributed by atoms with Crippen molar-refractivity contribution in [3.8, 4) is 0 Å².